The lowest BCUT2D eigenvalue weighted by molar-refractivity contribution is -0.133. The van der Waals surface area contributed by atoms with Crippen LogP contribution in [0.2, 0.25) is 0 Å². The lowest BCUT2D eigenvalue weighted by Gasteiger charge is -2.30. The lowest BCUT2D eigenvalue weighted by Crippen LogP contribution is -2.46. The monoisotopic (exact) mass is 470 g/mol. The number of hydrogen-bond donors (Lipinski definition) is 3. The molecular formula is C25H31ClN4O3. The largest absolute Gasteiger partial charge is 0.387 e. The fourth-order valence-electron chi connectivity index (χ4n) is 5.54. The van der Waals surface area contributed by atoms with Gasteiger partial charge >= 0.3 is 0 Å². The minimum absolute atomic E-state index is 0.537. The Balaban J connectivity index is 1.47. The SMILES string of the molecule is CN1CCC(NCc2cc3cc4c(cc3n2C)CCCC2=C4NC(=O)C(C(=O)Cl)C2O)CC1. The number of aliphatic hydroxyl groups excluding tert-OH is 1. The molecule has 3 heterocycles. The molecule has 1 aromatic carbocycles. The normalized spacial score (nSPS) is 24.4. The van der Waals surface area contributed by atoms with Crippen LogP contribution < -0.4 is 10.6 Å². The number of halogens is 1. The van der Waals surface area contributed by atoms with Gasteiger partial charge in [0.1, 0.15) is 5.92 Å². The number of carbonyl (C=O) groups excluding carboxylic acids is 2. The second-order valence-electron chi connectivity index (χ2n) is 9.69. The molecule has 3 aliphatic rings. The summed E-state index contributed by atoms with van der Waals surface area (Å²) in [6.45, 7) is 3.07. The molecule has 2 atom stereocenters. The number of carbonyl (C=O) groups is 2. The van der Waals surface area contributed by atoms with Crippen molar-refractivity contribution in [3.63, 3.8) is 0 Å². The van der Waals surface area contributed by atoms with Crippen molar-refractivity contribution in [3.05, 3.63) is 40.6 Å². The van der Waals surface area contributed by atoms with Gasteiger partial charge in [-0.1, -0.05) is 0 Å². The molecule has 2 aliphatic heterocycles. The number of rotatable bonds is 4. The molecule has 1 aromatic heterocycles. The number of amides is 1. The summed E-state index contributed by atoms with van der Waals surface area (Å²) in [5.41, 5.74) is 5.81. The van der Waals surface area contributed by atoms with E-state index in [1.165, 1.54) is 18.5 Å². The second kappa shape index (κ2) is 8.87. The molecule has 1 aliphatic carbocycles. The van der Waals surface area contributed by atoms with Gasteiger partial charge < -0.3 is 25.2 Å². The number of aromatic nitrogens is 1. The first-order valence-electron chi connectivity index (χ1n) is 11.8. The highest BCUT2D eigenvalue weighted by atomic mass is 35.5. The summed E-state index contributed by atoms with van der Waals surface area (Å²) in [6, 6.07) is 7.06. The van der Waals surface area contributed by atoms with Crippen LogP contribution in [0.1, 0.15) is 42.5 Å². The minimum atomic E-state index is -1.25. The summed E-state index contributed by atoms with van der Waals surface area (Å²) in [7, 11) is 4.27. The molecule has 3 N–H and O–H groups in total. The Kier molecular flexibility index (Phi) is 6.07. The van der Waals surface area contributed by atoms with Gasteiger partial charge in [0.15, 0.2) is 0 Å². The third-order valence-electron chi connectivity index (χ3n) is 7.59. The molecule has 33 heavy (non-hydrogen) atoms. The Bertz CT molecular complexity index is 1150. The van der Waals surface area contributed by atoms with E-state index in [1.807, 2.05) is 0 Å². The summed E-state index contributed by atoms with van der Waals surface area (Å²) >= 11 is 5.62. The van der Waals surface area contributed by atoms with E-state index < -0.39 is 23.2 Å². The first kappa shape index (κ1) is 22.6. The van der Waals surface area contributed by atoms with Crippen LogP contribution in [-0.4, -0.2) is 58.0 Å². The molecule has 1 fully saturated rings. The molecule has 2 unspecified atom stereocenters. The van der Waals surface area contributed by atoms with Crippen molar-refractivity contribution in [1.29, 1.82) is 0 Å². The summed E-state index contributed by atoms with van der Waals surface area (Å²) < 4.78 is 2.24. The van der Waals surface area contributed by atoms with Crippen molar-refractivity contribution in [1.82, 2.24) is 20.1 Å². The molecule has 8 heteroatoms. The molecule has 0 saturated carbocycles. The maximum Gasteiger partial charge on any atom is 0.239 e. The fourth-order valence-corrected chi connectivity index (χ4v) is 5.76. The van der Waals surface area contributed by atoms with Crippen molar-refractivity contribution >= 4 is 39.4 Å². The van der Waals surface area contributed by atoms with Crippen molar-refractivity contribution in [3.8, 4) is 0 Å². The Morgan fingerprint density at radius 1 is 1.21 bits per heavy atom. The standard InChI is InChI=1S/C25H31ClN4O3/c1-29-8-6-16(7-9-29)27-13-17-10-15-11-19-14(12-20(15)30(17)2)4-3-5-18-22(19)28-25(33)21(23(18)31)24(26)32/h10-12,16,21,23,27,31H,3-9,13H2,1-2H3,(H,28,33). The molecule has 1 saturated heterocycles. The Morgan fingerprint density at radius 2 is 1.97 bits per heavy atom. The predicted molar refractivity (Wildman–Crippen MR) is 129 cm³/mol. The molecule has 7 nitrogen and oxygen atoms in total. The smallest absolute Gasteiger partial charge is 0.239 e. The number of benzene rings is 1. The number of fused-ring (bicyclic) bond motifs is 3. The van der Waals surface area contributed by atoms with Gasteiger partial charge in [-0.15, -0.1) is 0 Å². The van der Waals surface area contributed by atoms with Crippen LogP contribution in [0.5, 0.6) is 0 Å². The summed E-state index contributed by atoms with van der Waals surface area (Å²) in [5, 5.41) is 17.7. The number of piperidine rings is 1. The van der Waals surface area contributed by atoms with Gasteiger partial charge in [0.25, 0.3) is 0 Å². The number of hydrogen-bond acceptors (Lipinski definition) is 5. The van der Waals surface area contributed by atoms with E-state index in [2.05, 4.69) is 52.4 Å². The van der Waals surface area contributed by atoms with Crippen molar-refractivity contribution in [2.24, 2.45) is 13.0 Å². The van der Waals surface area contributed by atoms with Gasteiger partial charge in [0.2, 0.25) is 11.1 Å². The Hall–Kier alpha value is -2.19. The van der Waals surface area contributed by atoms with Crippen LogP contribution in [0.4, 0.5) is 0 Å². The molecule has 176 valence electrons. The van der Waals surface area contributed by atoms with E-state index in [9.17, 15) is 14.7 Å². The average molecular weight is 471 g/mol. The van der Waals surface area contributed by atoms with Crippen molar-refractivity contribution < 1.29 is 14.7 Å². The second-order valence-corrected chi connectivity index (χ2v) is 10.1. The van der Waals surface area contributed by atoms with Crippen LogP contribution in [0, 0.1) is 5.92 Å². The zero-order valence-corrected chi connectivity index (χ0v) is 19.9. The van der Waals surface area contributed by atoms with E-state index in [4.69, 9.17) is 11.6 Å². The average Bonchev–Trinajstić information content (AvgIpc) is 2.96. The van der Waals surface area contributed by atoms with Crippen LogP contribution in [0.15, 0.2) is 23.8 Å². The Morgan fingerprint density at radius 3 is 2.70 bits per heavy atom. The topological polar surface area (TPSA) is 86.6 Å². The Labute approximate surface area is 198 Å². The lowest BCUT2D eigenvalue weighted by atomic mass is 9.87. The molecule has 5 rings (SSSR count). The van der Waals surface area contributed by atoms with Gasteiger partial charge in [0.05, 0.1) is 11.8 Å². The maximum atomic E-state index is 12.6. The first-order chi connectivity index (χ1) is 15.8. The first-order valence-corrected chi connectivity index (χ1v) is 12.2. The molecule has 2 aromatic rings. The summed E-state index contributed by atoms with van der Waals surface area (Å²) in [6.07, 6.45) is 3.45. The van der Waals surface area contributed by atoms with Crippen LogP contribution in [0.3, 0.4) is 0 Å². The van der Waals surface area contributed by atoms with Crippen molar-refractivity contribution in [2.45, 2.75) is 50.8 Å². The van der Waals surface area contributed by atoms with Gasteiger partial charge in [0, 0.05) is 41.8 Å². The van der Waals surface area contributed by atoms with Gasteiger partial charge in [-0.3, -0.25) is 9.59 Å². The molecule has 0 radical (unpaired) electrons. The highest BCUT2D eigenvalue weighted by Crippen LogP contribution is 2.38. The minimum Gasteiger partial charge on any atom is -0.387 e. The fraction of sp³-hybridized carbons (Fsp3) is 0.520. The zero-order valence-electron chi connectivity index (χ0n) is 19.2. The van der Waals surface area contributed by atoms with Crippen LogP contribution in [-0.2, 0) is 29.6 Å². The highest BCUT2D eigenvalue weighted by molar-refractivity contribution is 6.65. The van der Waals surface area contributed by atoms with E-state index in [-0.39, 0.29) is 0 Å². The number of aliphatic hydroxyl groups is 1. The van der Waals surface area contributed by atoms with E-state index in [0.717, 1.165) is 54.5 Å². The van der Waals surface area contributed by atoms with E-state index in [1.54, 1.807) is 0 Å². The number of nitrogens with zero attached hydrogens (tertiary/aromatic N) is 2. The third kappa shape index (κ3) is 4.12. The summed E-state index contributed by atoms with van der Waals surface area (Å²) in [5.74, 6) is -1.78. The quantitative estimate of drug-likeness (QED) is 0.471. The van der Waals surface area contributed by atoms with E-state index >= 15 is 0 Å². The van der Waals surface area contributed by atoms with Crippen LogP contribution in [0.25, 0.3) is 16.6 Å². The predicted octanol–water partition coefficient (Wildman–Crippen LogP) is 2.28. The number of nitrogens with one attached hydrogen (secondary N) is 2. The molecule has 0 bridgehead atoms. The number of aryl methyl sites for hydroxylation is 2. The van der Waals surface area contributed by atoms with Gasteiger partial charge in [-0.2, -0.15) is 0 Å². The number of likely N-dealkylation sites (tertiary alicyclic amines) is 1. The van der Waals surface area contributed by atoms with Gasteiger partial charge in [-0.05, 0) is 93.2 Å². The molecular weight excluding hydrogens is 440 g/mol. The van der Waals surface area contributed by atoms with Crippen molar-refractivity contribution in [2.75, 3.05) is 20.1 Å². The summed E-state index contributed by atoms with van der Waals surface area (Å²) in [4.78, 5) is 26.7. The highest BCUT2D eigenvalue weighted by Gasteiger charge is 2.41. The van der Waals surface area contributed by atoms with Crippen LogP contribution >= 0.6 is 11.6 Å². The van der Waals surface area contributed by atoms with E-state index in [0.29, 0.717) is 23.7 Å². The third-order valence-corrected chi connectivity index (χ3v) is 7.82. The maximum absolute atomic E-state index is 12.6. The molecule has 1 amide bonds. The van der Waals surface area contributed by atoms with Gasteiger partial charge in [-0.25, -0.2) is 0 Å². The zero-order chi connectivity index (χ0) is 23.3. The molecule has 0 spiro atoms.